The molecule has 1 aromatic heterocycles. The first-order chi connectivity index (χ1) is 7.63. The molecular weight excluding hydrogens is 310 g/mol. The zero-order valence-electron chi connectivity index (χ0n) is 8.94. The molecule has 0 bridgehead atoms. The van der Waals surface area contributed by atoms with Crippen molar-refractivity contribution in [2.24, 2.45) is 5.73 Å². The summed E-state index contributed by atoms with van der Waals surface area (Å²) in [4.78, 5) is 11.2. The molecule has 0 fully saturated rings. The second kappa shape index (κ2) is 7.32. The van der Waals surface area contributed by atoms with Crippen LogP contribution < -0.4 is 5.73 Å². The predicted octanol–water partition coefficient (Wildman–Crippen LogP) is 2.63. The van der Waals surface area contributed by atoms with Gasteiger partial charge in [0, 0.05) is 11.5 Å². The van der Waals surface area contributed by atoms with Gasteiger partial charge in [0.2, 0.25) is 0 Å². The molecule has 0 aliphatic heterocycles. The molecule has 0 aliphatic carbocycles. The van der Waals surface area contributed by atoms with E-state index in [1.54, 1.807) is 30.0 Å². The van der Waals surface area contributed by atoms with Crippen molar-refractivity contribution >= 4 is 45.0 Å². The number of esters is 1. The van der Waals surface area contributed by atoms with Crippen molar-refractivity contribution < 1.29 is 9.53 Å². The summed E-state index contributed by atoms with van der Waals surface area (Å²) in [5.74, 6) is 1.14. The van der Waals surface area contributed by atoms with Crippen molar-refractivity contribution in [2.45, 2.75) is 18.7 Å². The Labute approximate surface area is 112 Å². The minimum atomic E-state index is -0.521. The van der Waals surface area contributed by atoms with Gasteiger partial charge in [-0.2, -0.15) is 11.8 Å². The van der Waals surface area contributed by atoms with Gasteiger partial charge in [-0.15, -0.1) is 11.3 Å². The zero-order valence-corrected chi connectivity index (χ0v) is 12.2. The number of carbonyl (C=O) groups excluding carboxylic acids is 1. The Balaban J connectivity index is 2.22. The molecule has 1 aromatic rings. The molecule has 1 heterocycles. The van der Waals surface area contributed by atoms with Crippen molar-refractivity contribution in [3.8, 4) is 0 Å². The van der Waals surface area contributed by atoms with E-state index in [1.165, 1.54) is 5.56 Å². The van der Waals surface area contributed by atoms with Gasteiger partial charge in [-0.1, -0.05) is 0 Å². The van der Waals surface area contributed by atoms with Crippen LogP contribution in [0.4, 0.5) is 0 Å². The van der Waals surface area contributed by atoms with Gasteiger partial charge in [-0.3, -0.25) is 4.79 Å². The number of thiophene rings is 1. The van der Waals surface area contributed by atoms with Crippen LogP contribution in [0.3, 0.4) is 0 Å². The van der Waals surface area contributed by atoms with E-state index in [9.17, 15) is 4.79 Å². The van der Waals surface area contributed by atoms with Crippen LogP contribution in [0.1, 0.15) is 12.5 Å². The summed E-state index contributed by atoms with van der Waals surface area (Å²) in [7, 11) is 0. The maximum atomic E-state index is 11.2. The van der Waals surface area contributed by atoms with E-state index in [2.05, 4.69) is 27.4 Å². The van der Waals surface area contributed by atoms with Crippen LogP contribution in [0.5, 0.6) is 0 Å². The summed E-state index contributed by atoms with van der Waals surface area (Å²) in [5, 5.41) is 2.09. The fraction of sp³-hybridized carbons (Fsp3) is 0.500. The minimum Gasteiger partial charge on any atom is -0.465 e. The second-order valence-corrected chi connectivity index (χ2v) is 6.45. The van der Waals surface area contributed by atoms with Gasteiger partial charge in [-0.05, 0) is 39.9 Å². The van der Waals surface area contributed by atoms with Crippen LogP contribution >= 0.6 is 39.0 Å². The lowest BCUT2D eigenvalue weighted by molar-refractivity contribution is -0.144. The van der Waals surface area contributed by atoms with Gasteiger partial charge in [0.1, 0.15) is 6.04 Å². The molecule has 0 aromatic carbocycles. The topological polar surface area (TPSA) is 52.3 Å². The molecule has 1 atom stereocenters. The Morgan fingerprint density at radius 3 is 3.06 bits per heavy atom. The summed E-state index contributed by atoms with van der Waals surface area (Å²) in [5.41, 5.74) is 6.92. The number of thioether (sulfide) groups is 1. The number of hydrogen-bond donors (Lipinski definition) is 1. The lowest BCUT2D eigenvalue weighted by atomic mass is 10.4. The van der Waals surface area contributed by atoms with Gasteiger partial charge < -0.3 is 10.5 Å². The van der Waals surface area contributed by atoms with Crippen LogP contribution in [0.25, 0.3) is 0 Å². The molecule has 0 radical (unpaired) electrons. The Kier molecular flexibility index (Phi) is 6.41. The van der Waals surface area contributed by atoms with Crippen molar-refractivity contribution in [2.75, 3.05) is 12.4 Å². The summed E-state index contributed by atoms with van der Waals surface area (Å²) in [6.07, 6.45) is 0. The molecule has 16 heavy (non-hydrogen) atoms. The molecule has 1 rings (SSSR count). The van der Waals surface area contributed by atoms with Gasteiger partial charge in [0.05, 0.1) is 10.4 Å². The SMILES string of the molecule is CCOC(=O)C(N)CSCc1csc(Br)c1. The molecule has 0 amide bonds. The van der Waals surface area contributed by atoms with E-state index in [1.807, 2.05) is 0 Å². The van der Waals surface area contributed by atoms with Crippen LogP contribution in [-0.2, 0) is 15.3 Å². The van der Waals surface area contributed by atoms with E-state index < -0.39 is 6.04 Å². The van der Waals surface area contributed by atoms with Gasteiger partial charge >= 0.3 is 5.97 Å². The molecule has 0 aliphatic rings. The van der Waals surface area contributed by atoms with E-state index in [0.717, 1.165) is 9.54 Å². The summed E-state index contributed by atoms with van der Waals surface area (Å²) in [6, 6.07) is 1.56. The highest BCUT2D eigenvalue weighted by Gasteiger charge is 2.14. The fourth-order valence-electron chi connectivity index (χ4n) is 1.04. The molecule has 0 saturated carbocycles. The van der Waals surface area contributed by atoms with Crippen LogP contribution in [0.15, 0.2) is 15.2 Å². The first-order valence-electron chi connectivity index (χ1n) is 4.86. The smallest absolute Gasteiger partial charge is 0.323 e. The highest BCUT2D eigenvalue weighted by Crippen LogP contribution is 2.24. The molecular formula is C10H14BrNO2S2. The molecule has 1 unspecified atom stereocenters. The Morgan fingerprint density at radius 1 is 1.75 bits per heavy atom. The standard InChI is InChI=1S/C10H14BrNO2S2/c1-2-14-10(13)8(12)6-15-4-7-3-9(11)16-5-7/h3,5,8H,2,4,6,12H2,1H3. The first-order valence-corrected chi connectivity index (χ1v) is 7.69. The summed E-state index contributed by atoms with van der Waals surface area (Å²) < 4.78 is 5.95. The quantitative estimate of drug-likeness (QED) is 0.818. The molecule has 0 saturated heterocycles. The lowest BCUT2D eigenvalue weighted by Crippen LogP contribution is -2.34. The van der Waals surface area contributed by atoms with Crippen molar-refractivity contribution in [3.05, 3.63) is 20.8 Å². The van der Waals surface area contributed by atoms with Crippen molar-refractivity contribution in [1.29, 1.82) is 0 Å². The molecule has 90 valence electrons. The summed E-state index contributed by atoms with van der Waals surface area (Å²) in [6.45, 7) is 2.16. The maximum absolute atomic E-state index is 11.2. The largest absolute Gasteiger partial charge is 0.465 e. The van der Waals surface area contributed by atoms with Crippen LogP contribution in [-0.4, -0.2) is 24.4 Å². The van der Waals surface area contributed by atoms with Gasteiger partial charge in [-0.25, -0.2) is 0 Å². The lowest BCUT2D eigenvalue weighted by Gasteiger charge is -2.09. The third-order valence-corrected chi connectivity index (χ3v) is 4.46. The minimum absolute atomic E-state index is 0.318. The number of ether oxygens (including phenoxy) is 1. The van der Waals surface area contributed by atoms with Crippen LogP contribution in [0.2, 0.25) is 0 Å². The maximum Gasteiger partial charge on any atom is 0.323 e. The fourth-order valence-corrected chi connectivity index (χ4v) is 3.27. The third kappa shape index (κ3) is 4.86. The number of hydrogen-bond acceptors (Lipinski definition) is 5. The van der Waals surface area contributed by atoms with E-state index in [4.69, 9.17) is 10.5 Å². The first kappa shape index (κ1) is 14.0. The van der Waals surface area contributed by atoms with E-state index in [0.29, 0.717) is 12.4 Å². The van der Waals surface area contributed by atoms with E-state index >= 15 is 0 Å². The average molecular weight is 324 g/mol. The van der Waals surface area contributed by atoms with Gasteiger partial charge in [0.15, 0.2) is 0 Å². The number of rotatable bonds is 6. The van der Waals surface area contributed by atoms with E-state index in [-0.39, 0.29) is 5.97 Å². The Hall–Kier alpha value is -0.0400. The third-order valence-electron chi connectivity index (χ3n) is 1.78. The normalized spacial score (nSPS) is 12.4. The number of halogens is 1. The summed E-state index contributed by atoms with van der Waals surface area (Å²) >= 11 is 6.71. The Bertz CT molecular complexity index is 343. The molecule has 2 N–H and O–H groups in total. The highest BCUT2D eigenvalue weighted by molar-refractivity contribution is 9.11. The van der Waals surface area contributed by atoms with Crippen molar-refractivity contribution in [1.82, 2.24) is 0 Å². The second-order valence-electron chi connectivity index (χ2n) is 3.13. The molecule has 0 spiro atoms. The molecule has 6 heteroatoms. The van der Waals surface area contributed by atoms with Gasteiger partial charge in [0.25, 0.3) is 0 Å². The zero-order chi connectivity index (χ0) is 12.0. The number of nitrogens with two attached hydrogens (primary N) is 1. The Morgan fingerprint density at radius 2 is 2.50 bits per heavy atom. The van der Waals surface area contributed by atoms with Crippen molar-refractivity contribution in [3.63, 3.8) is 0 Å². The molecule has 3 nitrogen and oxygen atoms in total. The monoisotopic (exact) mass is 323 g/mol. The number of carbonyl (C=O) groups is 1. The van der Waals surface area contributed by atoms with Crippen LogP contribution in [0, 0.1) is 0 Å². The average Bonchev–Trinajstić information content (AvgIpc) is 2.64. The predicted molar refractivity (Wildman–Crippen MR) is 72.8 cm³/mol. The highest BCUT2D eigenvalue weighted by atomic mass is 79.9.